The Morgan fingerprint density at radius 1 is 1.25 bits per heavy atom. The van der Waals surface area contributed by atoms with E-state index >= 15 is 0 Å². The van der Waals surface area contributed by atoms with E-state index in [4.69, 9.17) is 5.11 Å². The van der Waals surface area contributed by atoms with E-state index in [2.05, 4.69) is 20.8 Å². The van der Waals surface area contributed by atoms with Crippen molar-refractivity contribution in [2.75, 3.05) is 17.2 Å². The molecule has 0 aliphatic carbocycles. The molecule has 0 saturated carbocycles. The number of anilines is 2. The van der Waals surface area contributed by atoms with Crippen LogP contribution in [0.5, 0.6) is 0 Å². The predicted molar refractivity (Wildman–Crippen MR) is 68.7 cm³/mol. The molecule has 104 valence electrons. The fourth-order valence-corrected chi connectivity index (χ4v) is 1.47. The molecule has 2 amide bonds. The Balaban J connectivity index is 2.11. The van der Waals surface area contributed by atoms with Crippen LogP contribution in [0.4, 0.5) is 15.8 Å². The molecule has 2 aromatic rings. The third-order valence-electron chi connectivity index (χ3n) is 2.39. The Kier molecular flexibility index (Phi) is 4.06. The van der Waals surface area contributed by atoms with Gasteiger partial charge < -0.3 is 15.7 Å². The van der Waals surface area contributed by atoms with Crippen LogP contribution >= 0.6 is 0 Å². The number of amides is 2. The summed E-state index contributed by atoms with van der Waals surface area (Å²) in [5, 5.41) is 19.5. The standard InChI is InChI=1S/C12H11FN4O3/c13-7-1-3-8(4-2-7)15-12(20)11-9(5-14-17-11)16-10(19)6-18/h1-5,18H,6H2,(H,14,17)(H,15,20)(H,16,19). The molecular formula is C12H11FN4O3. The van der Waals surface area contributed by atoms with Gasteiger partial charge in [-0.05, 0) is 24.3 Å². The topological polar surface area (TPSA) is 107 Å². The van der Waals surface area contributed by atoms with Gasteiger partial charge in [-0.15, -0.1) is 0 Å². The number of nitrogens with one attached hydrogen (secondary N) is 3. The minimum Gasteiger partial charge on any atom is -0.387 e. The van der Waals surface area contributed by atoms with Gasteiger partial charge in [0.15, 0.2) is 0 Å². The second kappa shape index (κ2) is 5.93. The van der Waals surface area contributed by atoms with Crippen LogP contribution in [0.3, 0.4) is 0 Å². The summed E-state index contributed by atoms with van der Waals surface area (Å²) in [7, 11) is 0. The summed E-state index contributed by atoms with van der Waals surface area (Å²) >= 11 is 0. The van der Waals surface area contributed by atoms with Crippen molar-refractivity contribution in [1.29, 1.82) is 0 Å². The molecule has 0 unspecified atom stereocenters. The predicted octanol–water partition coefficient (Wildman–Crippen LogP) is 0.732. The van der Waals surface area contributed by atoms with Crippen LogP contribution < -0.4 is 10.6 Å². The van der Waals surface area contributed by atoms with Crippen molar-refractivity contribution in [2.45, 2.75) is 0 Å². The number of rotatable bonds is 4. The second-order valence-electron chi connectivity index (χ2n) is 3.83. The summed E-state index contributed by atoms with van der Waals surface area (Å²) in [5.41, 5.74) is 0.560. The highest BCUT2D eigenvalue weighted by Gasteiger charge is 2.15. The molecule has 0 saturated heterocycles. The molecule has 0 atom stereocenters. The van der Waals surface area contributed by atoms with Crippen LogP contribution in [0.2, 0.25) is 0 Å². The van der Waals surface area contributed by atoms with E-state index in [1.165, 1.54) is 30.5 Å². The Labute approximate surface area is 112 Å². The minimum atomic E-state index is -0.704. The number of halogens is 1. The molecule has 0 aliphatic heterocycles. The molecule has 20 heavy (non-hydrogen) atoms. The number of H-pyrrole nitrogens is 1. The van der Waals surface area contributed by atoms with Crippen LogP contribution in [0.15, 0.2) is 30.5 Å². The molecule has 8 heteroatoms. The molecule has 0 fully saturated rings. The van der Waals surface area contributed by atoms with Crippen LogP contribution in [0.1, 0.15) is 10.5 Å². The van der Waals surface area contributed by atoms with Gasteiger partial charge in [-0.3, -0.25) is 14.7 Å². The lowest BCUT2D eigenvalue weighted by atomic mass is 10.3. The first-order valence-electron chi connectivity index (χ1n) is 5.61. The highest BCUT2D eigenvalue weighted by atomic mass is 19.1. The third-order valence-corrected chi connectivity index (χ3v) is 2.39. The van der Waals surface area contributed by atoms with Gasteiger partial charge in [0, 0.05) is 5.69 Å². The second-order valence-corrected chi connectivity index (χ2v) is 3.83. The van der Waals surface area contributed by atoms with Gasteiger partial charge in [0.25, 0.3) is 5.91 Å². The summed E-state index contributed by atoms with van der Waals surface area (Å²) in [5.74, 6) is -1.63. The summed E-state index contributed by atoms with van der Waals surface area (Å²) < 4.78 is 12.7. The minimum absolute atomic E-state index is 0.0242. The smallest absolute Gasteiger partial charge is 0.275 e. The number of carbonyl (C=O) groups is 2. The molecule has 1 aromatic carbocycles. The molecule has 7 nitrogen and oxygen atoms in total. The molecule has 2 rings (SSSR count). The van der Waals surface area contributed by atoms with Gasteiger partial charge in [0.05, 0.1) is 11.9 Å². The zero-order valence-corrected chi connectivity index (χ0v) is 10.2. The van der Waals surface area contributed by atoms with Gasteiger partial charge in [-0.1, -0.05) is 0 Å². The lowest BCUT2D eigenvalue weighted by Gasteiger charge is -2.06. The molecule has 1 heterocycles. The summed E-state index contributed by atoms with van der Waals surface area (Å²) in [6, 6.07) is 5.21. The number of aromatic amines is 1. The fraction of sp³-hybridized carbons (Fsp3) is 0.0833. The highest BCUT2D eigenvalue weighted by Crippen LogP contribution is 2.15. The number of nitrogens with zero attached hydrogens (tertiary/aromatic N) is 1. The van der Waals surface area contributed by atoms with Gasteiger partial charge >= 0.3 is 0 Å². The van der Waals surface area contributed by atoms with Crippen molar-refractivity contribution in [1.82, 2.24) is 10.2 Å². The monoisotopic (exact) mass is 278 g/mol. The van der Waals surface area contributed by atoms with E-state index in [0.29, 0.717) is 5.69 Å². The largest absolute Gasteiger partial charge is 0.387 e. The Hall–Kier alpha value is -2.74. The van der Waals surface area contributed by atoms with Crippen LogP contribution in [0.25, 0.3) is 0 Å². The Morgan fingerprint density at radius 3 is 2.60 bits per heavy atom. The lowest BCUT2D eigenvalue weighted by molar-refractivity contribution is -0.118. The molecule has 0 radical (unpaired) electrons. The van der Waals surface area contributed by atoms with Gasteiger partial charge in [0.1, 0.15) is 18.1 Å². The SMILES string of the molecule is O=C(CO)Nc1cn[nH]c1C(=O)Nc1ccc(F)cc1. The number of benzene rings is 1. The van der Waals surface area contributed by atoms with Crippen molar-refractivity contribution in [3.8, 4) is 0 Å². The van der Waals surface area contributed by atoms with E-state index in [-0.39, 0.29) is 11.4 Å². The first-order valence-corrected chi connectivity index (χ1v) is 5.61. The average molecular weight is 278 g/mol. The zero-order chi connectivity index (χ0) is 14.5. The number of hydrogen-bond donors (Lipinski definition) is 4. The lowest BCUT2D eigenvalue weighted by Crippen LogP contribution is -2.19. The maximum Gasteiger partial charge on any atom is 0.275 e. The average Bonchev–Trinajstić information content (AvgIpc) is 2.89. The van der Waals surface area contributed by atoms with Crippen molar-refractivity contribution in [2.24, 2.45) is 0 Å². The maximum atomic E-state index is 12.7. The Bertz CT molecular complexity index is 624. The first-order chi connectivity index (χ1) is 9.60. The first kappa shape index (κ1) is 13.7. The van der Waals surface area contributed by atoms with Crippen molar-refractivity contribution in [3.63, 3.8) is 0 Å². The normalized spacial score (nSPS) is 10.1. The van der Waals surface area contributed by atoms with E-state index < -0.39 is 24.2 Å². The van der Waals surface area contributed by atoms with Gasteiger partial charge in [-0.25, -0.2) is 4.39 Å². The van der Waals surface area contributed by atoms with Crippen LogP contribution in [-0.4, -0.2) is 33.7 Å². The summed E-state index contributed by atoms with van der Waals surface area (Å²) in [6.07, 6.45) is 1.24. The quantitative estimate of drug-likeness (QED) is 0.661. The molecule has 4 N–H and O–H groups in total. The van der Waals surface area contributed by atoms with Gasteiger partial charge in [0.2, 0.25) is 5.91 Å². The van der Waals surface area contributed by atoms with Crippen molar-refractivity contribution >= 4 is 23.2 Å². The number of aliphatic hydroxyl groups is 1. The summed E-state index contributed by atoms with van der Waals surface area (Å²) in [4.78, 5) is 23.0. The van der Waals surface area contributed by atoms with Crippen molar-refractivity contribution < 1.29 is 19.1 Å². The van der Waals surface area contributed by atoms with E-state index in [1.54, 1.807) is 0 Å². The third kappa shape index (κ3) is 3.18. The van der Waals surface area contributed by atoms with Crippen LogP contribution in [-0.2, 0) is 4.79 Å². The molecule has 0 bridgehead atoms. The number of aliphatic hydroxyl groups excluding tert-OH is 1. The highest BCUT2D eigenvalue weighted by molar-refractivity contribution is 6.08. The Morgan fingerprint density at radius 2 is 1.95 bits per heavy atom. The van der Waals surface area contributed by atoms with E-state index in [1.807, 2.05) is 0 Å². The molecule has 1 aromatic heterocycles. The molecule has 0 spiro atoms. The zero-order valence-electron chi connectivity index (χ0n) is 10.2. The number of hydrogen-bond acceptors (Lipinski definition) is 4. The number of aromatic nitrogens is 2. The van der Waals surface area contributed by atoms with Gasteiger partial charge in [-0.2, -0.15) is 5.10 Å². The molecular weight excluding hydrogens is 267 g/mol. The van der Waals surface area contributed by atoms with E-state index in [0.717, 1.165) is 0 Å². The maximum absolute atomic E-state index is 12.7. The summed E-state index contributed by atoms with van der Waals surface area (Å²) in [6.45, 7) is -0.704. The van der Waals surface area contributed by atoms with E-state index in [9.17, 15) is 14.0 Å². The van der Waals surface area contributed by atoms with Crippen LogP contribution in [0, 0.1) is 5.82 Å². The molecule has 0 aliphatic rings. The van der Waals surface area contributed by atoms with Crippen molar-refractivity contribution in [3.05, 3.63) is 42.0 Å². The fourth-order valence-electron chi connectivity index (χ4n) is 1.47. The number of carbonyl (C=O) groups excluding carboxylic acids is 2.